The van der Waals surface area contributed by atoms with E-state index in [1.807, 2.05) is 0 Å². The van der Waals surface area contributed by atoms with Crippen LogP contribution in [0.1, 0.15) is 37.8 Å². The Morgan fingerprint density at radius 2 is 1.74 bits per heavy atom. The predicted octanol–water partition coefficient (Wildman–Crippen LogP) is 2.30. The highest BCUT2D eigenvalue weighted by Gasteiger charge is 2.02. The van der Waals surface area contributed by atoms with Gasteiger partial charge in [-0.15, -0.1) is 0 Å². The quantitative estimate of drug-likeness (QED) is 0.670. The fourth-order valence-corrected chi connectivity index (χ4v) is 1.92. The van der Waals surface area contributed by atoms with Crippen LogP contribution in [0.2, 0.25) is 0 Å². The summed E-state index contributed by atoms with van der Waals surface area (Å²) < 4.78 is 0. The Balaban J connectivity index is 2.29. The van der Waals surface area contributed by atoms with Crippen molar-refractivity contribution >= 4 is 5.91 Å². The molecule has 3 heteroatoms. The van der Waals surface area contributed by atoms with E-state index in [1.165, 1.54) is 18.4 Å². The monoisotopic (exact) mass is 262 g/mol. The molecule has 0 saturated heterocycles. The molecule has 19 heavy (non-hydrogen) atoms. The van der Waals surface area contributed by atoms with E-state index in [2.05, 4.69) is 48.7 Å². The Labute approximate surface area is 116 Å². The Hall–Kier alpha value is -1.35. The number of carbonyl (C=O) groups excluding carboxylic acids is 1. The minimum Gasteiger partial charge on any atom is -0.355 e. The zero-order chi connectivity index (χ0) is 13.9. The number of hydrogen-bond donors (Lipinski definition) is 2. The third-order valence-corrected chi connectivity index (χ3v) is 3.08. The lowest BCUT2D eigenvalue weighted by molar-refractivity contribution is -0.120. The minimum absolute atomic E-state index is 0.0965. The summed E-state index contributed by atoms with van der Waals surface area (Å²) in [6, 6.07) is 8.40. The maximum absolute atomic E-state index is 11.7. The number of aryl methyl sites for hydroxylation is 1. The van der Waals surface area contributed by atoms with Crippen molar-refractivity contribution in [3.05, 3.63) is 35.4 Å². The van der Waals surface area contributed by atoms with Crippen LogP contribution in [-0.4, -0.2) is 25.5 Å². The van der Waals surface area contributed by atoms with Crippen LogP contribution in [-0.2, 0) is 17.6 Å². The van der Waals surface area contributed by atoms with Gasteiger partial charge in [0, 0.05) is 13.1 Å². The number of amides is 1. The summed E-state index contributed by atoms with van der Waals surface area (Å²) in [6.45, 7) is 6.72. The number of benzene rings is 1. The van der Waals surface area contributed by atoms with Gasteiger partial charge in [-0.1, -0.05) is 44.5 Å². The van der Waals surface area contributed by atoms with Crippen molar-refractivity contribution in [2.24, 2.45) is 0 Å². The molecule has 0 aliphatic rings. The Morgan fingerprint density at radius 1 is 1.05 bits per heavy atom. The molecule has 0 aliphatic heterocycles. The van der Waals surface area contributed by atoms with Gasteiger partial charge >= 0.3 is 0 Å². The molecule has 1 aromatic rings. The van der Waals surface area contributed by atoms with Crippen LogP contribution in [0.15, 0.2) is 24.3 Å². The van der Waals surface area contributed by atoms with Crippen LogP contribution in [0.3, 0.4) is 0 Å². The highest BCUT2D eigenvalue weighted by molar-refractivity contribution is 5.78. The molecule has 0 unspecified atom stereocenters. The molecule has 0 saturated carbocycles. The summed E-state index contributed by atoms with van der Waals surface area (Å²) in [5.74, 6) is 0.0965. The number of hydrogen-bond acceptors (Lipinski definition) is 2. The van der Waals surface area contributed by atoms with Crippen molar-refractivity contribution in [3.8, 4) is 0 Å². The zero-order valence-corrected chi connectivity index (χ0v) is 12.2. The van der Waals surface area contributed by atoms with Gasteiger partial charge in [0.2, 0.25) is 5.91 Å². The summed E-state index contributed by atoms with van der Waals surface area (Å²) in [6.07, 6.45) is 4.05. The van der Waals surface area contributed by atoms with Crippen LogP contribution >= 0.6 is 0 Å². The molecule has 0 radical (unpaired) electrons. The second kappa shape index (κ2) is 9.56. The highest BCUT2D eigenvalue weighted by atomic mass is 16.1. The van der Waals surface area contributed by atoms with E-state index in [9.17, 15) is 4.79 Å². The summed E-state index contributed by atoms with van der Waals surface area (Å²) >= 11 is 0. The molecular weight excluding hydrogens is 236 g/mol. The normalized spacial score (nSPS) is 10.4. The molecule has 1 amide bonds. The van der Waals surface area contributed by atoms with Crippen molar-refractivity contribution in [1.29, 1.82) is 0 Å². The standard InChI is InChI=1S/C16H26N2O/c1-3-5-6-14-7-9-15(10-8-14)13-16(19)18-12-11-17-4-2/h7-10,17H,3-6,11-13H2,1-2H3,(H,18,19). The third-order valence-electron chi connectivity index (χ3n) is 3.08. The van der Waals surface area contributed by atoms with Gasteiger partial charge in [-0.05, 0) is 30.5 Å². The van der Waals surface area contributed by atoms with E-state index in [4.69, 9.17) is 0 Å². The van der Waals surface area contributed by atoms with Gasteiger partial charge in [-0.25, -0.2) is 0 Å². The van der Waals surface area contributed by atoms with Gasteiger partial charge in [0.1, 0.15) is 0 Å². The van der Waals surface area contributed by atoms with Gasteiger partial charge in [0.25, 0.3) is 0 Å². The van der Waals surface area contributed by atoms with Gasteiger partial charge in [0.05, 0.1) is 6.42 Å². The summed E-state index contributed by atoms with van der Waals surface area (Å²) in [5, 5.41) is 6.09. The first kappa shape index (κ1) is 15.7. The first-order chi connectivity index (χ1) is 9.26. The van der Waals surface area contributed by atoms with E-state index in [0.717, 1.165) is 25.1 Å². The fraction of sp³-hybridized carbons (Fsp3) is 0.562. The second-order valence-corrected chi connectivity index (χ2v) is 4.80. The topological polar surface area (TPSA) is 41.1 Å². The van der Waals surface area contributed by atoms with Crippen molar-refractivity contribution < 1.29 is 4.79 Å². The van der Waals surface area contributed by atoms with Crippen molar-refractivity contribution in [2.45, 2.75) is 39.5 Å². The lowest BCUT2D eigenvalue weighted by Crippen LogP contribution is -2.32. The second-order valence-electron chi connectivity index (χ2n) is 4.80. The summed E-state index contributed by atoms with van der Waals surface area (Å²) in [4.78, 5) is 11.7. The van der Waals surface area contributed by atoms with Crippen LogP contribution < -0.4 is 10.6 Å². The molecule has 2 N–H and O–H groups in total. The van der Waals surface area contributed by atoms with E-state index in [1.54, 1.807) is 0 Å². The van der Waals surface area contributed by atoms with Crippen LogP contribution in [0.25, 0.3) is 0 Å². The molecule has 0 bridgehead atoms. The van der Waals surface area contributed by atoms with E-state index < -0.39 is 0 Å². The zero-order valence-electron chi connectivity index (χ0n) is 12.2. The van der Waals surface area contributed by atoms with Crippen LogP contribution in [0, 0.1) is 0 Å². The van der Waals surface area contributed by atoms with Crippen LogP contribution in [0.5, 0.6) is 0 Å². The summed E-state index contributed by atoms with van der Waals surface area (Å²) in [5.41, 5.74) is 2.44. The first-order valence-electron chi connectivity index (χ1n) is 7.31. The molecule has 0 spiro atoms. The minimum atomic E-state index is 0.0965. The van der Waals surface area contributed by atoms with E-state index >= 15 is 0 Å². The molecular formula is C16H26N2O. The number of carbonyl (C=O) groups is 1. The number of nitrogens with one attached hydrogen (secondary N) is 2. The lowest BCUT2D eigenvalue weighted by Gasteiger charge is -2.06. The Kier molecular flexibility index (Phi) is 7.91. The van der Waals surface area contributed by atoms with Gasteiger partial charge < -0.3 is 10.6 Å². The maximum atomic E-state index is 11.7. The third kappa shape index (κ3) is 6.97. The molecule has 0 aliphatic carbocycles. The molecule has 1 rings (SSSR count). The lowest BCUT2D eigenvalue weighted by atomic mass is 10.0. The summed E-state index contributed by atoms with van der Waals surface area (Å²) in [7, 11) is 0. The van der Waals surface area contributed by atoms with Crippen LogP contribution in [0.4, 0.5) is 0 Å². The molecule has 0 fully saturated rings. The number of rotatable bonds is 9. The molecule has 0 aromatic heterocycles. The SMILES string of the molecule is CCCCc1ccc(CC(=O)NCCNCC)cc1. The van der Waals surface area contributed by atoms with E-state index in [-0.39, 0.29) is 5.91 Å². The largest absolute Gasteiger partial charge is 0.355 e. The molecule has 1 aromatic carbocycles. The average Bonchev–Trinajstić information content (AvgIpc) is 2.43. The predicted molar refractivity (Wildman–Crippen MR) is 80.3 cm³/mol. The fourth-order valence-electron chi connectivity index (χ4n) is 1.92. The Bertz CT molecular complexity index is 360. The van der Waals surface area contributed by atoms with Crippen molar-refractivity contribution in [1.82, 2.24) is 10.6 Å². The molecule has 3 nitrogen and oxygen atoms in total. The smallest absolute Gasteiger partial charge is 0.224 e. The molecule has 0 heterocycles. The number of unbranched alkanes of at least 4 members (excludes halogenated alkanes) is 1. The number of likely N-dealkylation sites (N-methyl/N-ethyl adjacent to an activating group) is 1. The van der Waals surface area contributed by atoms with Crippen molar-refractivity contribution in [3.63, 3.8) is 0 Å². The van der Waals surface area contributed by atoms with E-state index in [0.29, 0.717) is 13.0 Å². The highest BCUT2D eigenvalue weighted by Crippen LogP contribution is 2.08. The average molecular weight is 262 g/mol. The van der Waals surface area contributed by atoms with Gasteiger partial charge in [-0.3, -0.25) is 4.79 Å². The maximum Gasteiger partial charge on any atom is 0.224 e. The Morgan fingerprint density at radius 3 is 2.37 bits per heavy atom. The first-order valence-corrected chi connectivity index (χ1v) is 7.31. The molecule has 0 atom stereocenters. The van der Waals surface area contributed by atoms with Gasteiger partial charge in [-0.2, -0.15) is 0 Å². The van der Waals surface area contributed by atoms with Crippen molar-refractivity contribution in [2.75, 3.05) is 19.6 Å². The molecule has 106 valence electrons. The van der Waals surface area contributed by atoms with Gasteiger partial charge in [0.15, 0.2) is 0 Å².